The van der Waals surface area contributed by atoms with Crippen molar-refractivity contribution in [3.63, 3.8) is 0 Å². The highest BCUT2D eigenvalue weighted by atomic mass is 16.6. The van der Waals surface area contributed by atoms with Crippen LogP contribution in [0.5, 0.6) is 0 Å². The molecule has 0 aliphatic heterocycles. The lowest BCUT2D eigenvalue weighted by Gasteiger charge is -2.29. The summed E-state index contributed by atoms with van der Waals surface area (Å²) in [6.45, 7) is 7.61. The van der Waals surface area contributed by atoms with Crippen LogP contribution in [0.4, 0.5) is 10.7 Å². The van der Waals surface area contributed by atoms with Crippen LogP contribution in [0.15, 0.2) is 48.5 Å². The Morgan fingerprint density at radius 3 is 2.54 bits per heavy atom. The van der Waals surface area contributed by atoms with Gasteiger partial charge >= 0.3 is 6.09 Å². The number of benzene rings is 2. The van der Waals surface area contributed by atoms with Crippen molar-refractivity contribution in [3.05, 3.63) is 59.7 Å². The minimum atomic E-state index is -0.320. The van der Waals surface area contributed by atoms with Crippen molar-refractivity contribution < 1.29 is 9.53 Å². The van der Waals surface area contributed by atoms with E-state index in [4.69, 9.17) is 10.5 Å². The second kappa shape index (κ2) is 7.92. The van der Waals surface area contributed by atoms with Gasteiger partial charge in [-0.05, 0) is 28.7 Å². The molecule has 0 radical (unpaired) electrons. The van der Waals surface area contributed by atoms with E-state index in [2.05, 4.69) is 25.8 Å². The van der Waals surface area contributed by atoms with Crippen molar-refractivity contribution in [2.75, 3.05) is 12.3 Å². The molecule has 1 amide bonds. The second-order valence-electron chi connectivity index (χ2n) is 8.31. The molecule has 2 aromatic carbocycles. The summed E-state index contributed by atoms with van der Waals surface area (Å²) in [7, 11) is 1.89. The number of nitrogens with two attached hydrogens (primary N) is 1. The van der Waals surface area contributed by atoms with Crippen molar-refractivity contribution in [1.29, 1.82) is 0 Å². The molecule has 0 fully saturated rings. The van der Waals surface area contributed by atoms with Gasteiger partial charge in [-0.2, -0.15) is 0 Å². The van der Waals surface area contributed by atoms with Gasteiger partial charge in [0.2, 0.25) is 5.95 Å². The number of fused-ring (bicyclic) bond motifs is 1. The molecule has 1 aromatic heterocycles. The maximum atomic E-state index is 12.8. The third-order valence-electron chi connectivity index (χ3n) is 4.48. The largest absolute Gasteiger partial charge is 0.445 e. The summed E-state index contributed by atoms with van der Waals surface area (Å²) in [4.78, 5) is 18.9. The normalized spacial score (nSPS) is 11.6. The lowest BCUT2D eigenvalue weighted by molar-refractivity contribution is 0.0805. The summed E-state index contributed by atoms with van der Waals surface area (Å²) >= 11 is 0. The Morgan fingerprint density at radius 2 is 1.86 bits per heavy atom. The molecule has 0 aliphatic rings. The number of nitrogens with zero attached hydrogens (tertiary/aromatic N) is 3. The smallest absolute Gasteiger partial charge is 0.410 e. The second-order valence-corrected chi connectivity index (χ2v) is 8.31. The van der Waals surface area contributed by atoms with Crippen LogP contribution < -0.4 is 5.73 Å². The Hall–Kier alpha value is -3.02. The molecule has 148 valence electrons. The monoisotopic (exact) mass is 380 g/mol. The Labute approximate surface area is 165 Å². The number of carbonyl (C=O) groups excluding carboxylic acids is 1. The van der Waals surface area contributed by atoms with E-state index < -0.39 is 0 Å². The van der Waals surface area contributed by atoms with E-state index in [0.29, 0.717) is 19.0 Å². The third-order valence-corrected chi connectivity index (χ3v) is 4.48. The number of nitrogen functional groups attached to an aromatic ring is 1. The molecule has 28 heavy (non-hydrogen) atoms. The number of hydrogen-bond donors (Lipinski definition) is 1. The maximum Gasteiger partial charge on any atom is 0.410 e. The van der Waals surface area contributed by atoms with E-state index in [-0.39, 0.29) is 18.1 Å². The van der Waals surface area contributed by atoms with Gasteiger partial charge in [0.1, 0.15) is 6.61 Å². The van der Waals surface area contributed by atoms with Crippen LogP contribution in [0.3, 0.4) is 0 Å². The first kappa shape index (κ1) is 19.7. The molecular weight excluding hydrogens is 352 g/mol. The number of amides is 1. The molecule has 0 bridgehead atoms. The minimum Gasteiger partial charge on any atom is -0.445 e. The number of imidazole rings is 1. The van der Waals surface area contributed by atoms with Gasteiger partial charge in [0, 0.05) is 20.1 Å². The van der Waals surface area contributed by atoms with Gasteiger partial charge < -0.3 is 19.9 Å². The molecular formula is C22H28N4O2. The average Bonchev–Trinajstić information content (AvgIpc) is 2.92. The topological polar surface area (TPSA) is 73.4 Å². The molecule has 0 aliphatic carbocycles. The van der Waals surface area contributed by atoms with E-state index >= 15 is 0 Å². The SMILES string of the molecule is Cn1c(N)nc2cc(CN(CC(C)(C)C)C(=O)OCc3ccccc3)ccc21. The van der Waals surface area contributed by atoms with Crippen molar-refractivity contribution in [2.45, 2.75) is 33.9 Å². The predicted molar refractivity (Wildman–Crippen MR) is 112 cm³/mol. The summed E-state index contributed by atoms with van der Waals surface area (Å²) in [6, 6.07) is 15.7. The molecule has 0 atom stereocenters. The van der Waals surface area contributed by atoms with Crippen LogP contribution in [0, 0.1) is 5.41 Å². The molecule has 0 saturated heterocycles. The molecule has 0 spiro atoms. The van der Waals surface area contributed by atoms with Crippen molar-refractivity contribution in [1.82, 2.24) is 14.5 Å². The van der Waals surface area contributed by atoms with Crippen molar-refractivity contribution in [3.8, 4) is 0 Å². The number of anilines is 1. The fourth-order valence-electron chi connectivity index (χ4n) is 3.15. The highest BCUT2D eigenvalue weighted by molar-refractivity contribution is 5.79. The van der Waals surface area contributed by atoms with Gasteiger partial charge in [0.15, 0.2) is 0 Å². The highest BCUT2D eigenvalue weighted by Crippen LogP contribution is 2.22. The summed E-state index contributed by atoms with van der Waals surface area (Å²) in [5.41, 5.74) is 9.60. The van der Waals surface area contributed by atoms with Gasteiger partial charge in [0.05, 0.1) is 11.0 Å². The lowest BCUT2D eigenvalue weighted by Crippen LogP contribution is -2.37. The average molecular weight is 380 g/mol. The first-order valence-corrected chi connectivity index (χ1v) is 9.39. The first-order valence-electron chi connectivity index (χ1n) is 9.39. The van der Waals surface area contributed by atoms with Gasteiger partial charge in [-0.25, -0.2) is 9.78 Å². The Morgan fingerprint density at radius 1 is 1.14 bits per heavy atom. The van der Waals surface area contributed by atoms with E-state index in [1.807, 2.05) is 60.1 Å². The van der Waals surface area contributed by atoms with E-state index in [9.17, 15) is 4.79 Å². The van der Waals surface area contributed by atoms with Crippen LogP contribution >= 0.6 is 0 Å². The van der Waals surface area contributed by atoms with Crippen LogP contribution in [-0.2, 0) is 24.9 Å². The molecule has 1 heterocycles. The Kier molecular flexibility index (Phi) is 5.58. The third kappa shape index (κ3) is 4.82. The van der Waals surface area contributed by atoms with Crippen LogP contribution in [0.25, 0.3) is 11.0 Å². The number of ether oxygens (including phenoxy) is 1. The lowest BCUT2D eigenvalue weighted by atomic mass is 9.96. The van der Waals surface area contributed by atoms with Crippen molar-refractivity contribution >= 4 is 23.1 Å². The summed E-state index contributed by atoms with van der Waals surface area (Å²) in [6.07, 6.45) is -0.320. The fourth-order valence-corrected chi connectivity index (χ4v) is 3.15. The zero-order valence-electron chi connectivity index (χ0n) is 17.0. The minimum absolute atomic E-state index is 0.0503. The first-order chi connectivity index (χ1) is 13.2. The summed E-state index contributed by atoms with van der Waals surface area (Å²) < 4.78 is 7.41. The maximum absolute atomic E-state index is 12.8. The zero-order valence-corrected chi connectivity index (χ0v) is 17.0. The molecule has 3 rings (SSSR count). The van der Waals surface area contributed by atoms with E-state index in [1.54, 1.807) is 4.90 Å². The predicted octanol–water partition coefficient (Wildman–Crippen LogP) is 4.34. The molecule has 6 heteroatoms. The molecule has 6 nitrogen and oxygen atoms in total. The van der Waals surface area contributed by atoms with E-state index in [1.165, 1.54) is 0 Å². The quantitative estimate of drug-likeness (QED) is 0.714. The summed E-state index contributed by atoms with van der Waals surface area (Å²) in [5, 5.41) is 0. The van der Waals surface area contributed by atoms with E-state index in [0.717, 1.165) is 22.2 Å². The van der Waals surface area contributed by atoms with Gasteiger partial charge in [-0.15, -0.1) is 0 Å². The van der Waals surface area contributed by atoms with Crippen LogP contribution in [0.1, 0.15) is 31.9 Å². The zero-order chi connectivity index (χ0) is 20.3. The number of rotatable bonds is 5. The number of hydrogen-bond acceptors (Lipinski definition) is 4. The van der Waals surface area contributed by atoms with Gasteiger partial charge in [-0.3, -0.25) is 0 Å². The van der Waals surface area contributed by atoms with Crippen LogP contribution in [0.2, 0.25) is 0 Å². The number of aromatic nitrogens is 2. The van der Waals surface area contributed by atoms with Gasteiger partial charge in [-0.1, -0.05) is 57.2 Å². The standard InChI is InChI=1S/C22H28N4O2/c1-22(2,3)15-26(21(27)28-14-16-8-6-5-7-9-16)13-17-10-11-19-18(12-17)24-20(23)25(19)4/h5-12H,13-15H2,1-4H3,(H2,23,24). The number of carbonyl (C=O) groups is 1. The summed E-state index contributed by atoms with van der Waals surface area (Å²) in [5.74, 6) is 0.473. The highest BCUT2D eigenvalue weighted by Gasteiger charge is 2.23. The van der Waals surface area contributed by atoms with Crippen LogP contribution in [-0.4, -0.2) is 27.1 Å². The number of aryl methyl sites for hydroxylation is 1. The molecule has 2 N–H and O–H groups in total. The Bertz CT molecular complexity index is 958. The molecule has 0 unspecified atom stereocenters. The molecule has 3 aromatic rings. The molecule has 0 saturated carbocycles. The Balaban J connectivity index is 1.76. The van der Waals surface area contributed by atoms with Gasteiger partial charge in [0.25, 0.3) is 0 Å². The van der Waals surface area contributed by atoms with Crippen molar-refractivity contribution in [2.24, 2.45) is 12.5 Å². The fraction of sp³-hybridized carbons (Fsp3) is 0.364.